The van der Waals surface area contributed by atoms with Gasteiger partial charge in [-0.15, -0.1) is 11.3 Å². The van der Waals surface area contributed by atoms with Gasteiger partial charge in [0.25, 0.3) is 0 Å². The lowest BCUT2D eigenvalue weighted by Crippen LogP contribution is -2.21. The second-order valence-corrected chi connectivity index (χ2v) is 7.87. The van der Waals surface area contributed by atoms with E-state index in [9.17, 15) is 15.2 Å². The number of nitrogens with zero attached hydrogens (tertiary/aromatic N) is 1. The van der Waals surface area contributed by atoms with Crippen molar-refractivity contribution in [2.24, 2.45) is 5.92 Å². The van der Waals surface area contributed by atoms with Crippen LogP contribution in [0, 0.1) is 24.2 Å². The molecule has 1 atom stereocenters. The second-order valence-electron chi connectivity index (χ2n) is 5.98. The van der Waals surface area contributed by atoms with Crippen LogP contribution in [-0.4, -0.2) is 11.0 Å². The minimum Gasteiger partial charge on any atom is -0.383 e. The molecule has 1 aromatic heterocycles. The molecule has 0 aliphatic rings. The number of halogens is 2. The maximum atomic E-state index is 12.4. The van der Waals surface area contributed by atoms with Crippen molar-refractivity contribution in [2.75, 3.05) is 5.32 Å². The monoisotopic (exact) mass is 410 g/mol. The zero-order valence-corrected chi connectivity index (χ0v) is 17.1. The molecular weight excluding hydrogens is 391 g/mol. The number of rotatable bonds is 6. The molecule has 0 radical (unpaired) electrons. The lowest BCUT2D eigenvalue weighted by Gasteiger charge is -2.13. The van der Waals surface area contributed by atoms with E-state index in [1.165, 1.54) is 11.3 Å². The lowest BCUT2D eigenvalue weighted by molar-refractivity contribution is -0.120. The normalized spacial score (nSPS) is 12.1. The number of carbonyl (C=O) groups is 1. The van der Waals surface area contributed by atoms with Crippen LogP contribution in [0.15, 0.2) is 18.2 Å². The predicted octanol–water partition coefficient (Wildman–Crippen LogP) is 5.69. The van der Waals surface area contributed by atoms with Crippen molar-refractivity contribution in [3.05, 3.63) is 49.8 Å². The molecule has 4 nitrogen and oxygen atoms in total. The van der Waals surface area contributed by atoms with Gasteiger partial charge in [-0.2, -0.15) is 5.26 Å². The Labute approximate surface area is 167 Å². The molecule has 2 aromatic rings. The van der Waals surface area contributed by atoms with E-state index in [1.54, 1.807) is 25.1 Å². The third-order valence-corrected chi connectivity index (χ3v) is 6.22. The fourth-order valence-corrected chi connectivity index (χ4v) is 4.43. The summed E-state index contributed by atoms with van der Waals surface area (Å²) < 4.78 is 0. The maximum Gasteiger partial charge on any atom is 0.228 e. The molecule has 0 bridgehead atoms. The summed E-state index contributed by atoms with van der Waals surface area (Å²) in [5, 5.41) is 24.4. The van der Waals surface area contributed by atoms with Crippen LogP contribution >= 0.6 is 34.5 Å². The van der Waals surface area contributed by atoms with E-state index in [0.717, 1.165) is 12.8 Å². The number of thiophene rings is 1. The largest absolute Gasteiger partial charge is 0.383 e. The lowest BCUT2D eigenvalue weighted by atomic mass is 10.0. The molecule has 0 spiro atoms. The number of anilines is 1. The Morgan fingerprint density at radius 3 is 2.54 bits per heavy atom. The van der Waals surface area contributed by atoms with Crippen molar-refractivity contribution in [3.8, 4) is 6.07 Å². The topological polar surface area (TPSA) is 73.1 Å². The minimum absolute atomic E-state index is 0.108. The SMILES string of the molecule is CCC(CC)C(=O)Nc1sc(C(O)c2ccc(Cl)cc2Cl)c(C)c1C#N. The molecule has 2 rings (SSSR count). The summed E-state index contributed by atoms with van der Waals surface area (Å²) in [6.07, 6.45) is 0.449. The third kappa shape index (κ3) is 4.21. The summed E-state index contributed by atoms with van der Waals surface area (Å²) in [7, 11) is 0. The highest BCUT2D eigenvalue weighted by Gasteiger charge is 2.25. The number of hydrogen-bond donors (Lipinski definition) is 2. The van der Waals surface area contributed by atoms with Crippen molar-refractivity contribution in [3.63, 3.8) is 0 Å². The molecule has 1 unspecified atom stereocenters. The predicted molar refractivity (Wildman–Crippen MR) is 107 cm³/mol. The summed E-state index contributed by atoms with van der Waals surface area (Å²) in [5.41, 5.74) is 1.51. The number of nitriles is 1. The number of nitrogens with one attached hydrogen (secondary N) is 1. The average molecular weight is 411 g/mol. The Kier molecular flexibility index (Phi) is 7.08. The van der Waals surface area contributed by atoms with Crippen molar-refractivity contribution < 1.29 is 9.90 Å². The van der Waals surface area contributed by atoms with Gasteiger partial charge in [0.2, 0.25) is 5.91 Å². The van der Waals surface area contributed by atoms with Gasteiger partial charge in [0.05, 0.1) is 5.56 Å². The molecule has 7 heteroatoms. The van der Waals surface area contributed by atoms with Crippen LogP contribution in [0.2, 0.25) is 10.0 Å². The van der Waals surface area contributed by atoms with Gasteiger partial charge in [-0.05, 0) is 37.5 Å². The average Bonchev–Trinajstić information content (AvgIpc) is 2.90. The maximum absolute atomic E-state index is 12.4. The molecule has 0 aliphatic carbocycles. The first kappa shape index (κ1) is 20.7. The number of aliphatic hydroxyl groups is 1. The number of carbonyl (C=O) groups excluding carboxylic acids is 1. The van der Waals surface area contributed by atoms with Crippen LogP contribution in [0.5, 0.6) is 0 Å². The molecule has 138 valence electrons. The number of benzene rings is 1. The fourth-order valence-electron chi connectivity index (χ4n) is 2.75. The van der Waals surface area contributed by atoms with Gasteiger partial charge >= 0.3 is 0 Å². The first-order chi connectivity index (χ1) is 12.3. The van der Waals surface area contributed by atoms with Gasteiger partial charge in [0.1, 0.15) is 17.2 Å². The first-order valence-corrected chi connectivity index (χ1v) is 9.88. The molecule has 1 heterocycles. The minimum atomic E-state index is -1.00. The molecule has 1 amide bonds. The van der Waals surface area contributed by atoms with Crippen molar-refractivity contribution in [1.29, 1.82) is 5.26 Å². The highest BCUT2D eigenvalue weighted by atomic mass is 35.5. The fraction of sp³-hybridized carbons (Fsp3) is 0.368. The van der Waals surface area contributed by atoms with Gasteiger partial charge in [0, 0.05) is 26.4 Å². The van der Waals surface area contributed by atoms with Crippen molar-refractivity contribution >= 4 is 45.4 Å². The molecule has 0 aliphatic heterocycles. The van der Waals surface area contributed by atoms with Crippen LogP contribution in [0.4, 0.5) is 5.00 Å². The number of hydrogen-bond acceptors (Lipinski definition) is 4. The third-order valence-electron chi connectivity index (χ3n) is 4.39. The van der Waals surface area contributed by atoms with Crippen molar-refractivity contribution in [1.82, 2.24) is 0 Å². The highest BCUT2D eigenvalue weighted by Crippen LogP contribution is 2.40. The van der Waals surface area contributed by atoms with E-state index in [-0.39, 0.29) is 11.8 Å². The Balaban J connectivity index is 2.41. The van der Waals surface area contributed by atoms with E-state index < -0.39 is 6.10 Å². The zero-order chi connectivity index (χ0) is 19.4. The van der Waals surface area contributed by atoms with E-state index in [2.05, 4.69) is 11.4 Å². The Bertz CT molecular complexity index is 854. The molecule has 0 fully saturated rings. The molecule has 0 saturated heterocycles. The van der Waals surface area contributed by atoms with Gasteiger partial charge in [-0.1, -0.05) is 43.1 Å². The van der Waals surface area contributed by atoms with Gasteiger partial charge < -0.3 is 10.4 Å². The summed E-state index contributed by atoms with van der Waals surface area (Å²) in [4.78, 5) is 13.0. The van der Waals surface area contributed by atoms with Crippen molar-refractivity contribution in [2.45, 2.75) is 39.7 Å². The summed E-state index contributed by atoms with van der Waals surface area (Å²) in [6, 6.07) is 6.99. The van der Waals surface area contributed by atoms with Crippen LogP contribution < -0.4 is 5.32 Å². The Morgan fingerprint density at radius 1 is 1.35 bits per heavy atom. The van der Waals surface area contributed by atoms with Crippen LogP contribution in [-0.2, 0) is 4.79 Å². The second kappa shape index (κ2) is 8.88. The highest BCUT2D eigenvalue weighted by molar-refractivity contribution is 7.16. The molecule has 1 aromatic carbocycles. The molecular formula is C19H20Cl2N2O2S. The zero-order valence-electron chi connectivity index (χ0n) is 14.8. The Hall–Kier alpha value is -1.58. The summed E-state index contributed by atoms with van der Waals surface area (Å²) in [5.74, 6) is -0.221. The summed E-state index contributed by atoms with van der Waals surface area (Å²) in [6.45, 7) is 5.66. The van der Waals surface area contributed by atoms with Gasteiger partial charge in [-0.3, -0.25) is 4.79 Å². The van der Waals surface area contributed by atoms with Gasteiger partial charge in [0.15, 0.2) is 0 Å². The number of aliphatic hydroxyl groups excluding tert-OH is 1. The molecule has 2 N–H and O–H groups in total. The number of amides is 1. The van der Waals surface area contributed by atoms with E-state index >= 15 is 0 Å². The van der Waals surface area contributed by atoms with Crippen LogP contribution in [0.25, 0.3) is 0 Å². The smallest absolute Gasteiger partial charge is 0.228 e. The van der Waals surface area contributed by atoms with E-state index in [4.69, 9.17) is 23.2 Å². The van der Waals surface area contributed by atoms with Gasteiger partial charge in [-0.25, -0.2) is 0 Å². The standard InChI is InChI=1S/C19H20Cl2N2O2S/c1-4-11(5-2)18(25)23-19-14(9-22)10(3)17(26-19)16(24)13-7-6-12(20)8-15(13)21/h6-8,11,16,24H,4-5H2,1-3H3,(H,23,25). The molecule has 0 saturated carbocycles. The van der Waals surface area contributed by atoms with E-state index in [0.29, 0.717) is 36.6 Å². The van der Waals surface area contributed by atoms with Crippen LogP contribution in [0.1, 0.15) is 54.4 Å². The first-order valence-electron chi connectivity index (χ1n) is 8.31. The molecule has 26 heavy (non-hydrogen) atoms. The summed E-state index contributed by atoms with van der Waals surface area (Å²) >= 11 is 13.3. The quantitative estimate of drug-likeness (QED) is 0.641. The van der Waals surface area contributed by atoms with Crippen LogP contribution in [0.3, 0.4) is 0 Å². The Morgan fingerprint density at radius 2 is 2.00 bits per heavy atom. The van der Waals surface area contributed by atoms with E-state index in [1.807, 2.05) is 13.8 Å².